The van der Waals surface area contributed by atoms with Gasteiger partial charge in [-0.1, -0.05) is 96.3 Å². The van der Waals surface area contributed by atoms with Crippen LogP contribution in [0.25, 0.3) is 0 Å². The number of carbonyl (C=O) groups excluding carboxylic acids is 1. The fourth-order valence-electron chi connectivity index (χ4n) is 6.47. The monoisotopic (exact) mass is 820 g/mol. The Bertz CT molecular complexity index is 1290. The number of hydrogen-bond acceptors (Lipinski definition) is 12. The zero-order valence-corrected chi connectivity index (χ0v) is 35.1. The molecular formula is C36H69O12PS3. The van der Waals surface area contributed by atoms with Gasteiger partial charge in [-0.2, -0.15) is 0 Å². The Kier molecular flexibility index (Phi) is 23.4. The van der Waals surface area contributed by atoms with Gasteiger partial charge in [0.15, 0.2) is 0 Å². The van der Waals surface area contributed by atoms with Crippen LogP contribution >= 0.6 is 7.60 Å². The highest BCUT2D eigenvalue weighted by Gasteiger charge is 2.37. The first-order chi connectivity index (χ1) is 24.7. The smallest absolute Gasteiger partial charge is 0.438 e. The Morgan fingerprint density at radius 3 is 1.17 bits per heavy atom. The molecule has 1 N–H and O–H groups in total. The molecule has 0 unspecified atom stereocenters. The van der Waals surface area contributed by atoms with E-state index >= 15 is 0 Å². The van der Waals surface area contributed by atoms with E-state index in [1.54, 1.807) is 6.92 Å². The van der Waals surface area contributed by atoms with E-state index in [0.29, 0.717) is 25.0 Å². The molecule has 0 heterocycles. The molecule has 3 saturated carbocycles. The standard InChI is InChI=1S/C25H47O9PS2.C11H22O3S/c1-2-32-25(26)35(27,33-17-9-21-36(28,29)19-5-3-11-23-13-7-14-23)34-18-10-22-37(30,31)20-6-4-12-24-15-8-16-24;12-8-4-10-15(13,14)9-2-1-5-11-6-3-7-11/h23-24H,2-22H2,1H3;11-12H,1-10H2. The van der Waals surface area contributed by atoms with Crippen LogP contribution in [0.1, 0.15) is 142 Å². The first-order valence-corrected chi connectivity index (χ1v) is 27.0. The third kappa shape index (κ3) is 21.5. The van der Waals surface area contributed by atoms with Crippen LogP contribution in [0.2, 0.25) is 0 Å². The second-order valence-electron chi connectivity index (χ2n) is 15.0. The highest BCUT2D eigenvalue weighted by atomic mass is 32.2. The summed E-state index contributed by atoms with van der Waals surface area (Å²) in [6.07, 6.45) is 20.4. The maximum absolute atomic E-state index is 13.0. The first kappa shape index (κ1) is 47.6. The minimum atomic E-state index is -4.31. The number of sulfone groups is 3. The predicted molar refractivity (Wildman–Crippen MR) is 207 cm³/mol. The van der Waals surface area contributed by atoms with E-state index < -0.39 is 42.8 Å². The van der Waals surface area contributed by atoms with Crippen molar-refractivity contribution in [3.63, 3.8) is 0 Å². The van der Waals surface area contributed by atoms with Gasteiger partial charge in [0.05, 0.1) is 54.3 Å². The Balaban J connectivity index is 0.000000519. The summed E-state index contributed by atoms with van der Waals surface area (Å²) in [5, 5.41) is 8.55. The normalized spacial score (nSPS) is 17.4. The van der Waals surface area contributed by atoms with Crippen molar-refractivity contribution >= 4 is 42.8 Å². The SMILES string of the molecule is CCOC(=O)P(=O)(OCCCS(=O)(=O)CCCCC1CCC1)OCCCS(=O)(=O)CCCCC1CCC1.O=S(=O)(CCCO)CCCCC1CCC1. The topological polar surface area (TPSA) is 184 Å². The van der Waals surface area contributed by atoms with Crippen molar-refractivity contribution in [3.8, 4) is 0 Å². The molecule has 0 spiro atoms. The summed E-state index contributed by atoms with van der Waals surface area (Å²) in [5.74, 6) is 2.82. The molecule has 3 fully saturated rings. The van der Waals surface area contributed by atoms with Crippen molar-refractivity contribution < 1.29 is 53.5 Å². The fraction of sp³-hybridized carbons (Fsp3) is 0.972. The number of unbranched alkanes of at least 4 members (excludes halogenated alkanes) is 3. The van der Waals surface area contributed by atoms with E-state index in [1.165, 1.54) is 64.2 Å². The molecule has 52 heavy (non-hydrogen) atoms. The number of ether oxygens (including phenoxy) is 1. The first-order valence-electron chi connectivity index (χ1n) is 20.0. The molecule has 0 aromatic rings. The molecule has 16 heteroatoms. The average molecular weight is 821 g/mol. The van der Waals surface area contributed by atoms with Crippen molar-refractivity contribution in [3.05, 3.63) is 0 Å². The molecule has 0 bridgehead atoms. The lowest BCUT2D eigenvalue weighted by atomic mass is 9.82. The molecular weight excluding hydrogens is 752 g/mol. The summed E-state index contributed by atoms with van der Waals surface area (Å²) in [6.45, 7) is 1.02. The van der Waals surface area contributed by atoms with Crippen LogP contribution < -0.4 is 0 Å². The Morgan fingerprint density at radius 2 is 0.885 bits per heavy atom. The number of hydrogen-bond donors (Lipinski definition) is 1. The third-order valence-electron chi connectivity index (χ3n) is 10.5. The molecule has 0 amide bonds. The summed E-state index contributed by atoms with van der Waals surface area (Å²) in [6, 6.07) is 0. The number of carbonyl (C=O) groups is 1. The van der Waals surface area contributed by atoms with Crippen molar-refractivity contribution in [1.29, 1.82) is 0 Å². The van der Waals surface area contributed by atoms with E-state index in [1.807, 2.05) is 0 Å². The minimum Gasteiger partial charge on any atom is -0.457 e. The third-order valence-corrected chi connectivity index (χ3v) is 17.5. The van der Waals surface area contributed by atoms with Crippen molar-refractivity contribution in [2.75, 3.05) is 60.9 Å². The van der Waals surface area contributed by atoms with E-state index in [9.17, 15) is 34.6 Å². The van der Waals surface area contributed by atoms with Crippen molar-refractivity contribution in [1.82, 2.24) is 0 Å². The molecule has 3 rings (SSSR count). The fourth-order valence-corrected chi connectivity index (χ4v) is 12.0. The quantitative estimate of drug-likeness (QED) is 0.0552. The van der Waals surface area contributed by atoms with E-state index in [4.69, 9.17) is 18.9 Å². The van der Waals surface area contributed by atoms with E-state index in [2.05, 4.69) is 0 Å². The van der Waals surface area contributed by atoms with Crippen LogP contribution in [0.3, 0.4) is 0 Å². The molecule has 12 nitrogen and oxygen atoms in total. The van der Waals surface area contributed by atoms with Gasteiger partial charge in [0.25, 0.3) is 0 Å². The zero-order chi connectivity index (χ0) is 38.4. The lowest BCUT2D eigenvalue weighted by molar-refractivity contribution is 0.149. The van der Waals surface area contributed by atoms with E-state index in [-0.39, 0.29) is 68.0 Å². The number of rotatable bonds is 30. The second-order valence-corrected chi connectivity index (χ2v) is 23.8. The lowest BCUT2D eigenvalue weighted by Crippen LogP contribution is -2.16. The zero-order valence-electron chi connectivity index (χ0n) is 31.8. The molecule has 0 aliphatic heterocycles. The minimum absolute atomic E-state index is 0.0265. The van der Waals surface area contributed by atoms with Crippen LogP contribution in [0.4, 0.5) is 4.79 Å². The Morgan fingerprint density at radius 1 is 0.558 bits per heavy atom. The Hall–Kier alpha value is -0.570. The van der Waals surface area contributed by atoms with Crippen LogP contribution in [0, 0.1) is 17.8 Å². The summed E-state index contributed by atoms with van der Waals surface area (Å²) < 4.78 is 100. The molecule has 0 atom stereocenters. The average Bonchev–Trinajstić information content (AvgIpc) is 3.02. The Labute approximate surface area is 315 Å². The largest absolute Gasteiger partial charge is 0.457 e. The molecule has 3 aliphatic rings. The van der Waals surface area contributed by atoms with Crippen molar-refractivity contribution in [2.24, 2.45) is 17.8 Å². The summed E-state index contributed by atoms with van der Waals surface area (Å²) in [4.78, 5) is 12.2. The van der Waals surface area contributed by atoms with Gasteiger partial charge in [-0.15, -0.1) is 0 Å². The van der Waals surface area contributed by atoms with Gasteiger partial charge in [0.2, 0.25) is 0 Å². The molecule has 0 aromatic heterocycles. The highest BCUT2D eigenvalue weighted by Crippen LogP contribution is 2.50. The maximum Gasteiger partial charge on any atom is 0.438 e. The van der Waals surface area contributed by atoms with Gasteiger partial charge in [0, 0.05) is 6.61 Å². The van der Waals surface area contributed by atoms with Gasteiger partial charge < -0.3 is 18.9 Å². The predicted octanol–water partition coefficient (Wildman–Crippen LogP) is 7.67. The number of aliphatic hydroxyl groups excluding tert-OH is 1. The van der Waals surface area contributed by atoms with Crippen LogP contribution in [0.15, 0.2) is 0 Å². The summed E-state index contributed by atoms with van der Waals surface area (Å²) in [5.41, 5.74) is -1.15. The van der Waals surface area contributed by atoms with Gasteiger partial charge >= 0.3 is 13.3 Å². The summed E-state index contributed by atoms with van der Waals surface area (Å²) in [7, 11) is -13.7. The van der Waals surface area contributed by atoms with Gasteiger partial charge in [0.1, 0.15) is 29.5 Å². The molecule has 0 aromatic carbocycles. The van der Waals surface area contributed by atoms with Crippen molar-refractivity contribution in [2.45, 2.75) is 142 Å². The van der Waals surface area contributed by atoms with Gasteiger partial charge in [-0.05, 0) is 63.2 Å². The van der Waals surface area contributed by atoms with Gasteiger partial charge in [-0.25, -0.2) is 34.6 Å². The van der Waals surface area contributed by atoms with Gasteiger partial charge in [-0.3, -0.25) is 0 Å². The molecule has 0 saturated heterocycles. The van der Waals surface area contributed by atoms with E-state index in [0.717, 1.165) is 56.3 Å². The molecule has 3 aliphatic carbocycles. The van der Waals surface area contributed by atoms with Crippen LogP contribution in [0.5, 0.6) is 0 Å². The maximum atomic E-state index is 13.0. The molecule has 0 radical (unpaired) electrons. The second kappa shape index (κ2) is 25.6. The highest BCUT2D eigenvalue weighted by molar-refractivity contribution is 7.91. The summed E-state index contributed by atoms with van der Waals surface area (Å²) >= 11 is 0. The molecule has 308 valence electrons. The lowest BCUT2D eigenvalue weighted by Gasteiger charge is -2.24. The van der Waals surface area contributed by atoms with Crippen LogP contribution in [-0.2, 0) is 47.9 Å². The number of aliphatic hydroxyl groups is 1. The van der Waals surface area contributed by atoms with Crippen LogP contribution in [-0.4, -0.2) is 97.0 Å².